The van der Waals surface area contributed by atoms with Crippen LogP contribution in [0.1, 0.15) is 13.3 Å². The zero-order valence-electron chi connectivity index (χ0n) is 4.85. The lowest BCUT2D eigenvalue weighted by molar-refractivity contribution is -0.121. The molecule has 0 spiro atoms. The third kappa shape index (κ3) is 4.03. The van der Waals surface area contributed by atoms with Crippen molar-refractivity contribution in [2.75, 3.05) is 0 Å². The fourth-order valence-corrected chi connectivity index (χ4v) is 0.565. The Bertz CT molecular complexity index is 84.1. The zero-order chi connectivity index (χ0) is 6.57. The average molecular weight is 134 g/mol. The number of hydrogen-bond acceptors (Lipinski definition) is 2. The maximum Gasteiger partial charge on any atom is 0.234 e. The molecule has 48 valence electrons. The van der Waals surface area contributed by atoms with Crippen molar-refractivity contribution in [2.45, 2.75) is 19.0 Å². The molecule has 0 bridgehead atoms. The molecule has 3 N–H and O–H groups in total. The highest BCUT2D eigenvalue weighted by Crippen LogP contribution is 2.01. The van der Waals surface area contributed by atoms with Gasteiger partial charge >= 0.3 is 0 Å². The molecule has 0 aromatic carbocycles. The minimum absolute atomic E-state index is 0.118. The van der Waals surface area contributed by atoms with Crippen LogP contribution in [0.4, 0.5) is 0 Å². The van der Waals surface area contributed by atoms with Crippen LogP contribution in [0.15, 0.2) is 0 Å². The van der Waals surface area contributed by atoms with E-state index >= 15 is 0 Å². The summed E-state index contributed by atoms with van der Waals surface area (Å²) in [5, 5.41) is 0. The van der Waals surface area contributed by atoms with E-state index in [-0.39, 0.29) is 5.91 Å². The molecular formula is C4H11N2OP. The molecule has 0 rings (SSSR count). The number of hydrogen-bond donors (Lipinski definition) is 2. The molecule has 0 aromatic rings. The highest BCUT2D eigenvalue weighted by atomic mass is 31.0. The van der Waals surface area contributed by atoms with E-state index in [1.54, 1.807) is 0 Å². The predicted octanol–water partition coefficient (Wildman–Crippen LogP) is -0.370. The minimum atomic E-state index is -0.118. The van der Waals surface area contributed by atoms with E-state index in [0.717, 1.165) is 0 Å². The Morgan fingerprint density at radius 3 is 2.62 bits per heavy atom. The molecule has 3 nitrogen and oxygen atoms in total. The van der Waals surface area contributed by atoms with Crippen LogP contribution < -0.4 is 11.3 Å². The van der Waals surface area contributed by atoms with Crippen molar-refractivity contribution in [3.63, 3.8) is 0 Å². The minimum Gasteiger partial charge on any atom is -0.294 e. The maximum absolute atomic E-state index is 10.4. The van der Waals surface area contributed by atoms with E-state index < -0.39 is 0 Å². The third-order valence-electron chi connectivity index (χ3n) is 0.668. The summed E-state index contributed by atoms with van der Waals surface area (Å²) in [5.74, 6) is 4.69. The van der Waals surface area contributed by atoms with Gasteiger partial charge < -0.3 is 0 Å². The van der Waals surface area contributed by atoms with Gasteiger partial charge in [-0.1, -0.05) is 6.92 Å². The van der Waals surface area contributed by atoms with E-state index in [0.29, 0.717) is 12.1 Å². The van der Waals surface area contributed by atoms with Crippen LogP contribution in [-0.4, -0.2) is 11.6 Å². The summed E-state index contributed by atoms with van der Waals surface area (Å²) < 4.78 is 0. The van der Waals surface area contributed by atoms with Crippen LogP contribution in [0.25, 0.3) is 0 Å². The quantitative estimate of drug-likeness (QED) is 0.234. The second kappa shape index (κ2) is 3.81. The van der Waals surface area contributed by atoms with Crippen LogP contribution in [0.2, 0.25) is 0 Å². The summed E-state index contributed by atoms with van der Waals surface area (Å²) in [4.78, 5) is 10.4. The van der Waals surface area contributed by atoms with Crippen molar-refractivity contribution in [3.8, 4) is 0 Å². The van der Waals surface area contributed by atoms with E-state index in [1.165, 1.54) is 0 Å². The average Bonchev–Trinajstić information content (AvgIpc) is 1.65. The molecule has 0 aliphatic rings. The molecule has 0 saturated carbocycles. The Morgan fingerprint density at radius 1 is 2.00 bits per heavy atom. The van der Waals surface area contributed by atoms with Crippen LogP contribution in [0.5, 0.6) is 0 Å². The Hall–Kier alpha value is -0.140. The summed E-state index contributed by atoms with van der Waals surface area (Å²) in [6, 6.07) is 0. The number of nitrogens with two attached hydrogens (primary N) is 1. The number of hydrazine groups is 1. The molecule has 8 heavy (non-hydrogen) atoms. The van der Waals surface area contributed by atoms with Gasteiger partial charge in [0, 0.05) is 6.42 Å². The zero-order valence-corrected chi connectivity index (χ0v) is 6.00. The van der Waals surface area contributed by atoms with Crippen molar-refractivity contribution in [2.24, 2.45) is 5.84 Å². The monoisotopic (exact) mass is 134 g/mol. The van der Waals surface area contributed by atoms with Gasteiger partial charge in [0.2, 0.25) is 5.91 Å². The first-order valence-electron chi connectivity index (χ1n) is 2.42. The lowest BCUT2D eigenvalue weighted by Crippen LogP contribution is -2.31. The van der Waals surface area contributed by atoms with E-state index in [2.05, 4.69) is 9.24 Å². The van der Waals surface area contributed by atoms with Crippen LogP contribution in [-0.2, 0) is 4.79 Å². The second-order valence-corrected chi connectivity index (χ2v) is 2.89. The summed E-state index contributed by atoms with van der Waals surface area (Å²) >= 11 is 0. The largest absolute Gasteiger partial charge is 0.294 e. The summed E-state index contributed by atoms with van der Waals surface area (Å²) in [6.45, 7) is 1.93. The van der Waals surface area contributed by atoms with Gasteiger partial charge in [-0.05, 0) is 5.66 Å². The first kappa shape index (κ1) is 7.86. The first-order chi connectivity index (χ1) is 3.66. The highest BCUT2D eigenvalue weighted by molar-refractivity contribution is 7.17. The SMILES string of the molecule is CC(P)CC(=O)NN. The molecule has 0 aliphatic carbocycles. The van der Waals surface area contributed by atoms with E-state index in [9.17, 15) is 4.79 Å². The molecule has 0 aliphatic heterocycles. The molecule has 4 heteroatoms. The predicted molar refractivity (Wildman–Crippen MR) is 36.1 cm³/mol. The van der Waals surface area contributed by atoms with Crippen LogP contribution in [0.3, 0.4) is 0 Å². The van der Waals surface area contributed by atoms with Crippen molar-refractivity contribution in [1.29, 1.82) is 0 Å². The third-order valence-corrected chi connectivity index (χ3v) is 0.904. The topological polar surface area (TPSA) is 55.1 Å². The van der Waals surface area contributed by atoms with Crippen LogP contribution in [0, 0.1) is 0 Å². The lowest BCUT2D eigenvalue weighted by atomic mass is 10.3. The highest BCUT2D eigenvalue weighted by Gasteiger charge is 1.99. The Kier molecular flexibility index (Phi) is 3.75. The fourth-order valence-electron chi connectivity index (χ4n) is 0.351. The molecule has 0 radical (unpaired) electrons. The van der Waals surface area contributed by atoms with Gasteiger partial charge in [-0.3, -0.25) is 10.2 Å². The standard InChI is InChI=1S/C4H11N2OP/c1-3(8)2-4(7)6-5/h3H,2,5,8H2,1H3,(H,6,7). The summed E-state index contributed by atoms with van der Waals surface area (Å²) in [7, 11) is 2.51. The fraction of sp³-hybridized carbons (Fsp3) is 0.750. The van der Waals surface area contributed by atoms with Gasteiger partial charge in [-0.2, -0.15) is 0 Å². The second-order valence-electron chi connectivity index (χ2n) is 1.75. The molecule has 0 heterocycles. The molecule has 2 unspecified atom stereocenters. The number of carbonyl (C=O) groups excluding carboxylic acids is 1. The molecule has 0 fully saturated rings. The Morgan fingerprint density at radius 2 is 2.50 bits per heavy atom. The summed E-state index contributed by atoms with van der Waals surface area (Å²) in [5.41, 5.74) is 2.35. The molecule has 0 saturated heterocycles. The van der Waals surface area contributed by atoms with Gasteiger partial charge in [0.1, 0.15) is 0 Å². The van der Waals surface area contributed by atoms with Crippen molar-refractivity contribution >= 4 is 15.1 Å². The van der Waals surface area contributed by atoms with Gasteiger partial charge in [0.05, 0.1) is 0 Å². The molecule has 1 amide bonds. The molecule has 2 atom stereocenters. The number of amides is 1. The Balaban J connectivity index is 3.25. The number of rotatable bonds is 2. The van der Waals surface area contributed by atoms with Crippen LogP contribution >= 0.6 is 9.24 Å². The van der Waals surface area contributed by atoms with Gasteiger partial charge in [0.25, 0.3) is 0 Å². The van der Waals surface area contributed by atoms with Gasteiger partial charge in [0.15, 0.2) is 0 Å². The number of nitrogens with one attached hydrogen (secondary N) is 1. The lowest BCUT2D eigenvalue weighted by Gasteiger charge is -2.00. The first-order valence-corrected chi connectivity index (χ1v) is 3.08. The van der Waals surface area contributed by atoms with Gasteiger partial charge in [-0.15, -0.1) is 9.24 Å². The number of carbonyl (C=O) groups is 1. The van der Waals surface area contributed by atoms with Crippen molar-refractivity contribution in [3.05, 3.63) is 0 Å². The molecule has 0 aromatic heterocycles. The maximum atomic E-state index is 10.4. The Labute approximate surface area is 51.2 Å². The molecular weight excluding hydrogens is 123 g/mol. The van der Waals surface area contributed by atoms with Gasteiger partial charge in [-0.25, -0.2) is 5.84 Å². The normalized spacial score (nSPS) is 12.9. The summed E-state index contributed by atoms with van der Waals surface area (Å²) in [6.07, 6.45) is 0.473. The van der Waals surface area contributed by atoms with Crippen molar-refractivity contribution < 1.29 is 4.79 Å². The van der Waals surface area contributed by atoms with E-state index in [4.69, 9.17) is 5.84 Å². The van der Waals surface area contributed by atoms with E-state index in [1.807, 2.05) is 12.3 Å². The van der Waals surface area contributed by atoms with Crippen molar-refractivity contribution in [1.82, 2.24) is 5.43 Å². The smallest absolute Gasteiger partial charge is 0.234 e.